The predicted molar refractivity (Wildman–Crippen MR) is 129 cm³/mol. The molecule has 0 radical (unpaired) electrons. The van der Waals surface area contributed by atoms with E-state index in [-0.39, 0.29) is 0 Å². The molecule has 7 heteroatoms. The quantitative estimate of drug-likeness (QED) is 0.500. The maximum absolute atomic E-state index is 13.1. The molecule has 2 aromatic carbocycles. The monoisotopic (exact) mass is 447 g/mol. The smallest absolute Gasteiger partial charge is 0.326 e. The Morgan fingerprint density at radius 3 is 2.62 bits per heavy atom. The van der Waals surface area contributed by atoms with Gasteiger partial charge in [0.05, 0.1) is 11.9 Å². The summed E-state index contributed by atoms with van der Waals surface area (Å²) < 4.78 is 0. The number of aliphatic carboxylic acids is 1. The second-order valence-electron chi connectivity index (χ2n) is 7.23. The fourth-order valence-electron chi connectivity index (χ4n) is 3.27. The van der Waals surface area contributed by atoms with Gasteiger partial charge in [-0.3, -0.25) is 14.8 Å². The maximum Gasteiger partial charge on any atom is 0.326 e. The number of aryl methyl sites for hydroxylation is 1. The summed E-state index contributed by atoms with van der Waals surface area (Å²) in [5, 5.41) is 12.2. The normalized spacial score (nSPS) is 11.9. The summed E-state index contributed by atoms with van der Waals surface area (Å²) in [7, 11) is 0. The highest BCUT2D eigenvalue weighted by atomic mass is 32.2. The van der Waals surface area contributed by atoms with Crippen molar-refractivity contribution in [2.24, 2.45) is 0 Å². The van der Waals surface area contributed by atoms with Gasteiger partial charge in [-0.15, -0.1) is 0 Å². The number of rotatable bonds is 9. The molecule has 0 saturated carbocycles. The van der Waals surface area contributed by atoms with Crippen LogP contribution in [0.1, 0.15) is 33.6 Å². The topological polar surface area (TPSA) is 92.2 Å². The summed E-state index contributed by atoms with van der Waals surface area (Å²) in [6.07, 6.45) is 10.9. The fourth-order valence-corrected chi connectivity index (χ4v) is 3.74. The number of carboxylic acid groups (broad SMARTS) is 1. The van der Waals surface area contributed by atoms with E-state index in [2.05, 4.69) is 15.3 Å². The van der Waals surface area contributed by atoms with Crippen LogP contribution < -0.4 is 5.32 Å². The lowest BCUT2D eigenvalue weighted by atomic mass is 9.93. The minimum Gasteiger partial charge on any atom is -0.480 e. The molecule has 3 aromatic rings. The first-order chi connectivity index (χ1) is 15.5. The highest BCUT2D eigenvalue weighted by molar-refractivity contribution is 7.98. The molecule has 0 aliphatic heterocycles. The number of hydrogen-bond acceptors (Lipinski definition) is 5. The van der Waals surface area contributed by atoms with E-state index < -0.39 is 17.9 Å². The summed E-state index contributed by atoms with van der Waals surface area (Å²) in [5.74, 6) is -0.789. The molecule has 3 rings (SSSR count). The van der Waals surface area contributed by atoms with E-state index >= 15 is 0 Å². The first kappa shape index (κ1) is 23.2. The van der Waals surface area contributed by atoms with Crippen LogP contribution in [0.4, 0.5) is 0 Å². The third-order valence-corrected chi connectivity index (χ3v) is 5.61. The van der Waals surface area contributed by atoms with Gasteiger partial charge in [-0.2, -0.15) is 11.8 Å². The molecule has 1 unspecified atom stereocenters. The second kappa shape index (κ2) is 11.2. The molecule has 6 nitrogen and oxygen atoms in total. The van der Waals surface area contributed by atoms with Gasteiger partial charge in [0, 0.05) is 18.0 Å². The van der Waals surface area contributed by atoms with Crippen LogP contribution in [0.5, 0.6) is 0 Å². The SMILES string of the molecule is CSCCC(NC(=O)c1ccc(C=Cc2cnccn2)cc1-c1ccccc1C)C(=O)O. The maximum atomic E-state index is 13.1. The molecule has 32 heavy (non-hydrogen) atoms. The van der Waals surface area contributed by atoms with Crippen LogP contribution in [0, 0.1) is 6.92 Å². The van der Waals surface area contributed by atoms with Gasteiger partial charge in [-0.05, 0) is 65.8 Å². The molecule has 164 valence electrons. The van der Waals surface area contributed by atoms with Gasteiger partial charge < -0.3 is 10.4 Å². The third-order valence-electron chi connectivity index (χ3n) is 4.97. The largest absolute Gasteiger partial charge is 0.480 e. The average molecular weight is 448 g/mol. The zero-order valence-electron chi connectivity index (χ0n) is 18.0. The van der Waals surface area contributed by atoms with Gasteiger partial charge in [0.1, 0.15) is 6.04 Å². The van der Waals surface area contributed by atoms with Crippen molar-refractivity contribution in [3.05, 3.63) is 83.4 Å². The Labute approximate surface area is 191 Å². The molecule has 0 fully saturated rings. The van der Waals surface area contributed by atoms with Crippen LogP contribution >= 0.6 is 11.8 Å². The van der Waals surface area contributed by atoms with Crippen LogP contribution in [-0.2, 0) is 4.79 Å². The lowest BCUT2D eigenvalue weighted by molar-refractivity contribution is -0.139. The van der Waals surface area contributed by atoms with Crippen molar-refractivity contribution >= 4 is 35.8 Å². The highest BCUT2D eigenvalue weighted by Gasteiger charge is 2.22. The zero-order valence-corrected chi connectivity index (χ0v) is 18.8. The van der Waals surface area contributed by atoms with Crippen molar-refractivity contribution in [1.29, 1.82) is 0 Å². The van der Waals surface area contributed by atoms with Crippen molar-refractivity contribution in [2.75, 3.05) is 12.0 Å². The Morgan fingerprint density at radius 1 is 1.12 bits per heavy atom. The van der Waals surface area contributed by atoms with Crippen molar-refractivity contribution in [3.63, 3.8) is 0 Å². The molecule has 1 aromatic heterocycles. The van der Waals surface area contributed by atoms with E-state index in [4.69, 9.17) is 0 Å². The molecule has 2 N–H and O–H groups in total. The standard InChI is InChI=1S/C25H25N3O3S/c1-17-5-3-4-6-20(17)22-15-18(7-9-19-16-26-12-13-27-19)8-10-21(22)24(29)28-23(25(30)31)11-14-32-2/h3-10,12-13,15-16,23H,11,14H2,1-2H3,(H,28,29)(H,30,31). The fraction of sp³-hybridized carbons (Fsp3) is 0.200. The molecule has 1 heterocycles. The Hall–Kier alpha value is -3.45. The van der Waals surface area contributed by atoms with E-state index in [0.29, 0.717) is 17.7 Å². The minimum atomic E-state index is -1.03. The average Bonchev–Trinajstić information content (AvgIpc) is 2.81. The van der Waals surface area contributed by atoms with Gasteiger partial charge in [-0.1, -0.05) is 36.4 Å². The Balaban J connectivity index is 1.98. The third kappa shape index (κ3) is 6.04. The van der Waals surface area contributed by atoms with Crippen molar-refractivity contribution < 1.29 is 14.7 Å². The molecule has 0 saturated heterocycles. The number of nitrogens with zero attached hydrogens (tertiary/aromatic N) is 2. The van der Waals surface area contributed by atoms with Crippen LogP contribution in [0.2, 0.25) is 0 Å². The van der Waals surface area contributed by atoms with Crippen molar-refractivity contribution in [3.8, 4) is 11.1 Å². The number of aromatic nitrogens is 2. The Morgan fingerprint density at radius 2 is 1.94 bits per heavy atom. The summed E-state index contributed by atoms with van der Waals surface area (Å²) in [6, 6.07) is 12.4. The molecular formula is C25H25N3O3S. The lowest BCUT2D eigenvalue weighted by Gasteiger charge is -2.17. The number of carbonyl (C=O) groups is 2. The Bertz CT molecular complexity index is 1120. The van der Waals surface area contributed by atoms with Gasteiger partial charge in [-0.25, -0.2) is 4.79 Å². The van der Waals surface area contributed by atoms with Crippen molar-refractivity contribution in [2.45, 2.75) is 19.4 Å². The Kier molecular flexibility index (Phi) is 8.16. The van der Waals surface area contributed by atoms with Crippen LogP contribution in [0.25, 0.3) is 23.3 Å². The number of amides is 1. The van der Waals surface area contributed by atoms with Gasteiger partial charge in [0.25, 0.3) is 5.91 Å². The number of carboxylic acids is 1. The van der Waals surface area contributed by atoms with Crippen LogP contribution in [0.3, 0.4) is 0 Å². The second-order valence-corrected chi connectivity index (χ2v) is 8.21. The van der Waals surface area contributed by atoms with E-state index in [1.165, 1.54) is 0 Å². The van der Waals surface area contributed by atoms with E-state index in [1.807, 2.05) is 61.7 Å². The predicted octanol–water partition coefficient (Wildman–Crippen LogP) is 4.56. The molecule has 0 bridgehead atoms. The first-order valence-corrected chi connectivity index (χ1v) is 11.6. The summed E-state index contributed by atoms with van der Waals surface area (Å²) >= 11 is 1.55. The number of hydrogen-bond donors (Lipinski definition) is 2. The number of carbonyl (C=O) groups excluding carboxylic acids is 1. The minimum absolute atomic E-state index is 0.362. The van der Waals surface area contributed by atoms with Gasteiger partial charge in [0.2, 0.25) is 0 Å². The van der Waals surface area contributed by atoms with E-state index in [9.17, 15) is 14.7 Å². The first-order valence-electron chi connectivity index (χ1n) is 10.2. The van der Waals surface area contributed by atoms with Gasteiger partial charge >= 0.3 is 5.97 Å². The summed E-state index contributed by atoms with van der Waals surface area (Å²) in [6.45, 7) is 1.98. The van der Waals surface area contributed by atoms with Crippen LogP contribution in [0.15, 0.2) is 61.1 Å². The lowest BCUT2D eigenvalue weighted by Crippen LogP contribution is -2.41. The van der Waals surface area contributed by atoms with Gasteiger partial charge in [0.15, 0.2) is 0 Å². The van der Waals surface area contributed by atoms with Crippen molar-refractivity contribution in [1.82, 2.24) is 15.3 Å². The molecule has 1 amide bonds. The van der Waals surface area contributed by atoms with E-state index in [1.54, 1.807) is 36.4 Å². The molecule has 0 aliphatic rings. The summed E-state index contributed by atoms with van der Waals surface area (Å²) in [4.78, 5) is 33.0. The van der Waals surface area contributed by atoms with Crippen LogP contribution in [-0.4, -0.2) is 45.0 Å². The number of benzene rings is 2. The molecule has 0 spiro atoms. The zero-order chi connectivity index (χ0) is 22.9. The highest BCUT2D eigenvalue weighted by Crippen LogP contribution is 2.29. The molecule has 0 aliphatic carbocycles. The number of nitrogens with one attached hydrogen (secondary N) is 1. The number of thioether (sulfide) groups is 1. The molecular weight excluding hydrogens is 422 g/mol. The summed E-state index contributed by atoms with van der Waals surface area (Å²) in [5.41, 5.74) is 4.74. The van der Waals surface area contributed by atoms with E-state index in [0.717, 1.165) is 27.9 Å². The molecule has 1 atom stereocenters.